The van der Waals surface area contributed by atoms with Gasteiger partial charge in [0.1, 0.15) is 0 Å². The Morgan fingerprint density at radius 3 is 2.57 bits per heavy atom. The Morgan fingerprint density at radius 1 is 1.18 bits per heavy atom. The number of hydrogen-bond donors (Lipinski definition) is 0. The highest BCUT2D eigenvalue weighted by Crippen LogP contribution is 2.21. The fraction of sp³-hybridized carbons (Fsp3) is 0.636. The molecule has 2 aromatic rings. The van der Waals surface area contributed by atoms with Crippen LogP contribution >= 0.6 is 0 Å². The molecule has 0 unspecified atom stereocenters. The molecule has 0 N–H and O–H groups in total. The zero-order valence-electron chi connectivity index (χ0n) is 17.7. The molecule has 3 heterocycles. The number of piperidine rings is 1. The van der Waals surface area contributed by atoms with Gasteiger partial charge in [-0.3, -0.25) is 14.6 Å². The lowest BCUT2D eigenvalue weighted by atomic mass is 9.95. The van der Waals surface area contributed by atoms with Gasteiger partial charge in [-0.2, -0.15) is 5.10 Å². The summed E-state index contributed by atoms with van der Waals surface area (Å²) >= 11 is 0. The first kappa shape index (κ1) is 21.0. The number of ether oxygens (including phenoxy) is 1. The summed E-state index contributed by atoms with van der Waals surface area (Å²) in [4.78, 5) is 9.29. The number of pyridine rings is 1. The van der Waals surface area contributed by atoms with Crippen LogP contribution in [0, 0.1) is 12.8 Å². The summed E-state index contributed by atoms with van der Waals surface area (Å²) in [7, 11) is 1.78. The number of aryl methyl sites for hydroxylation is 1. The minimum Gasteiger partial charge on any atom is -0.383 e. The van der Waals surface area contributed by atoms with Crippen molar-refractivity contribution >= 4 is 0 Å². The number of rotatable bonds is 10. The smallest absolute Gasteiger partial charge is 0.0589 e. The van der Waals surface area contributed by atoms with E-state index in [0.29, 0.717) is 0 Å². The lowest BCUT2D eigenvalue weighted by Gasteiger charge is -2.35. The van der Waals surface area contributed by atoms with Crippen LogP contribution in [0.1, 0.15) is 36.6 Å². The molecule has 6 heteroatoms. The number of aromatic nitrogens is 3. The quantitative estimate of drug-likeness (QED) is 0.629. The number of nitrogens with zero attached hydrogens (tertiary/aromatic N) is 5. The van der Waals surface area contributed by atoms with Gasteiger partial charge in [-0.05, 0) is 63.4 Å². The first-order chi connectivity index (χ1) is 13.7. The van der Waals surface area contributed by atoms with Crippen molar-refractivity contribution in [2.75, 3.05) is 39.9 Å². The fourth-order valence-electron chi connectivity index (χ4n) is 4.11. The molecule has 6 nitrogen and oxygen atoms in total. The minimum atomic E-state index is 0.752. The molecule has 0 aromatic carbocycles. The Bertz CT molecular complexity index is 694. The predicted octanol–water partition coefficient (Wildman–Crippen LogP) is 2.97. The van der Waals surface area contributed by atoms with E-state index < -0.39 is 0 Å². The molecular formula is C22H35N5O. The Hall–Kier alpha value is -1.76. The van der Waals surface area contributed by atoms with Crippen molar-refractivity contribution in [3.05, 3.63) is 47.5 Å². The van der Waals surface area contributed by atoms with Crippen molar-refractivity contribution in [1.29, 1.82) is 0 Å². The van der Waals surface area contributed by atoms with Crippen LogP contribution in [0.4, 0.5) is 0 Å². The zero-order valence-corrected chi connectivity index (χ0v) is 17.7. The standard InChI is InChI=1S/C22H35N5O/c1-4-27-19(2)22(15-24-27)18-26(16-20-5-9-23-10-6-20)17-21-7-11-25(12-8-21)13-14-28-3/h5-6,9-10,15,21H,4,7-8,11-14,16-18H2,1-3H3. The number of methoxy groups -OCH3 is 1. The normalized spacial score (nSPS) is 16.1. The fourth-order valence-corrected chi connectivity index (χ4v) is 4.11. The molecule has 0 saturated carbocycles. The van der Waals surface area contributed by atoms with Crippen molar-refractivity contribution in [3.8, 4) is 0 Å². The minimum absolute atomic E-state index is 0.752. The van der Waals surface area contributed by atoms with Crippen LogP contribution in [0.2, 0.25) is 0 Å². The van der Waals surface area contributed by atoms with Crippen LogP contribution in [0.5, 0.6) is 0 Å². The third kappa shape index (κ3) is 5.87. The van der Waals surface area contributed by atoms with Gasteiger partial charge in [0.15, 0.2) is 0 Å². The SMILES string of the molecule is CCn1ncc(CN(Cc2ccncc2)CC2CCN(CCOC)CC2)c1C. The first-order valence-electron chi connectivity index (χ1n) is 10.5. The molecule has 28 heavy (non-hydrogen) atoms. The van der Waals surface area contributed by atoms with Gasteiger partial charge in [-0.15, -0.1) is 0 Å². The first-order valence-corrected chi connectivity index (χ1v) is 10.5. The van der Waals surface area contributed by atoms with E-state index in [0.717, 1.165) is 45.2 Å². The van der Waals surface area contributed by atoms with Crippen LogP contribution in [0.15, 0.2) is 30.7 Å². The Morgan fingerprint density at radius 2 is 1.93 bits per heavy atom. The third-order valence-electron chi connectivity index (χ3n) is 5.89. The van der Waals surface area contributed by atoms with Crippen LogP contribution in [-0.2, 0) is 24.4 Å². The molecule has 3 rings (SSSR count). The van der Waals surface area contributed by atoms with Gasteiger partial charge < -0.3 is 9.64 Å². The molecule has 0 spiro atoms. The van der Waals surface area contributed by atoms with E-state index in [4.69, 9.17) is 4.74 Å². The second-order valence-corrected chi connectivity index (χ2v) is 7.87. The summed E-state index contributed by atoms with van der Waals surface area (Å²) in [6.45, 7) is 12.6. The van der Waals surface area contributed by atoms with E-state index in [1.54, 1.807) is 7.11 Å². The molecular weight excluding hydrogens is 350 g/mol. The molecule has 0 bridgehead atoms. The van der Waals surface area contributed by atoms with E-state index >= 15 is 0 Å². The van der Waals surface area contributed by atoms with Crippen molar-refractivity contribution in [2.24, 2.45) is 5.92 Å². The van der Waals surface area contributed by atoms with Gasteiger partial charge in [0, 0.05) is 63.5 Å². The van der Waals surface area contributed by atoms with Gasteiger partial charge in [-0.1, -0.05) is 0 Å². The highest BCUT2D eigenvalue weighted by atomic mass is 16.5. The molecule has 0 atom stereocenters. The second kappa shape index (κ2) is 10.7. The zero-order chi connectivity index (χ0) is 19.8. The van der Waals surface area contributed by atoms with Gasteiger partial charge in [0.05, 0.1) is 12.8 Å². The van der Waals surface area contributed by atoms with Gasteiger partial charge >= 0.3 is 0 Å². The van der Waals surface area contributed by atoms with Crippen molar-refractivity contribution in [2.45, 2.75) is 46.3 Å². The van der Waals surface area contributed by atoms with Crippen molar-refractivity contribution < 1.29 is 4.74 Å². The van der Waals surface area contributed by atoms with E-state index in [1.165, 1.54) is 42.8 Å². The van der Waals surface area contributed by atoms with E-state index in [1.807, 2.05) is 18.6 Å². The van der Waals surface area contributed by atoms with Gasteiger partial charge in [-0.25, -0.2) is 0 Å². The van der Waals surface area contributed by atoms with Crippen LogP contribution in [0.3, 0.4) is 0 Å². The lowest BCUT2D eigenvalue weighted by molar-refractivity contribution is 0.103. The summed E-state index contributed by atoms with van der Waals surface area (Å²) in [6, 6.07) is 4.26. The topological polar surface area (TPSA) is 46.4 Å². The molecule has 1 saturated heterocycles. The highest BCUT2D eigenvalue weighted by Gasteiger charge is 2.22. The molecule has 0 radical (unpaired) electrons. The molecule has 0 aliphatic carbocycles. The van der Waals surface area contributed by atoms with Crippen LogP contribution < -0.4 is 0 Å². The number of likely N-dealkylation sites (tertiary alicyclic amines) is 1. The Kier molecular flexibility index (Phi) is 8.01. The van der Waals surface area contributed by atoms with E-state index in [-0.39, 0.29) is 0 Å². The number of hydrogen-bond acceptors (Lipinski definition) is 5. The predicted molar refractivity (Wildman–Crippen MR) is 112 cm³/mol. The molecule has 154 valence electrons. The summed E-state index contributed by atoms with van der Waals surface area (Å²) in [5.74, 6) is 0.752. The summed E-state index contributed by atoms with van der Waals surface area (Å²) in [5, 5.41) is 4.54. The lowest BCUT2D eigenvalue weighted by Crippen LogP contribution is -2.39. The molecule has 0 amide bonds. The maximum Gasteiger partial charge on any atom is 0.0589 e. The Balaban J connectivity index is 1.62. The Labute approximate surface area is 169 Å². The molecule has 1 aliphatic rings. The van der Waals surface area contributed by atoms with E-state index in [2.05, 4.69) is 50.5 Å². The van der Waals surface area contributed by atoms with Crippen LogP contribution in [0.25, 0.3) is 0 Å². The summed E-state index contributed by atoms with van der Waals surface area (Å²) < 4.78 is 7.32. The van der Waals surface area contributed by atoms with Crippen molar-refractivity contribution in [1.82, 2.24) is 24.6 Å². The average Bonchev–Trinajstić information content (AvgIpc) is 3.07. The maximum absolute atomic E-state index is 5.23. The van der Waals surface area contributed by atoms with Gasteiger partial charge in [0.2, 0.25) is 0 Å². The molecule has 1 aliphatic heterocycles. The van der Waals surface area contributed by atoms with Crippen molar-refractivity contribution in [3.63, 3.8) is 0 Å². The average molecular weight is 386 g/mol. The third-order valence-corrected chi connectivity index (χ3v) is 5.89. The van der Waals surface area contributed by atoms with Gasteiger partial charge in [0.25, 0.3) is 0 Å². The molecule has 2 aromatic heterocycles. The highest BCUT2D eigenvalue weighted by molar-refractivity contribution is 5.17. The van der Waals surface area contributed by atoms with E-state index in [9.17, 15) is 0 Å². The summed E-state index contributed by atoms with van der Waals surface area (Å²) in [6.07, 6.45) is 8.36. The monoisotopic (exact) mass is 385 g/mol. The largest absolute Gasteiger partial charge is 0.383 e. The summed E-state index contributed by atoms with van der Waals surface area (Å²) in [5.41, 5.74) is 3.96. The second-order valence-electron chi connectivity index (χ2n) is 7.87. The maximum atomic E-state index is 5.23. The molecule has 1 fully saturated rings. The van der Waals surface area contributed by atoms with Crippen LogP contribution in [-0.4, -0.2) is 64.5 Å².